The first-order valence-corrected chi connectivity index (χ1v) is 10.4. The Morgan fingerprint density at radius 1 is 1.10 bits per heavy atom. The molecule has 0 aromatic heterocycles. The standard InChI is InChI=1S/C19H21F3N2O4S/c1-13(2)16-6-4-5-7-17(16)24(29(3,26)27)12-18(25)23-14-8-10-15(11-9-14)28-19(20,21)22/h4-11,13H,12H2,1-3H3,(H,23,25). The van der Waals surface area contributed by atoms with E-state index in [9.17, 15) is 26.4 Å². The number of anilines is 2. The number of nitrogens with one attached hydrogen (secondary N) is 1. The van der Waals surface area contributed by atoms with Crippen LogP contribution in [0.4, 0.5) is 24.5 Å². The van der Waals surface area contributed by atoms with E-state index in [1.807, 2.05) is 13.8 Å². The van der Waals surface area contributed by atoms with E-state index < -0.39 is 34.6 Å². The highest BCUT2D eigenvalue weighted by Gasteiger charge is 2.31. The van der Waals surface area contributed by atoms with Gasteiger partial charge in [0.2, 0.25) is 15.9 Å². The van der Waals surface area contributed by atoms with Gasteiger partial charge in [0.15, 0.2) is 0 Å². The van der Waals surface area contributed by atoms with Crippen molar-refractivity contribution in [3.8, 4) is 5.75 Å². The number of rotatable bonds is 7. The minimum absolute atomic E-state index is 0.0275. The van der Waals surface area contributed by atoms with Gasteiger partial charge in [0.1, 0.15) is 12.3 Å². The Hall–Kier alpha value is -2.75. The van der Waals surface area contributed by atoms with Crippen molar-refractivity contribution in [2.75, 3.05) is 22.4 Å². The van der Waals surface area contributed by atoms with E-state index in [1.165, 1.54) is 12.1 Å². The van der Waals surface area contributed by atoms with Gasteiger partial charge in [-0.3, -0.25) is 9.10 Å². The predicted molar refractivity (Wildman–Crippen MR) is 104 cm³/mol. The fourth-order valence-electron chi connectivity index (χ4n) is 2.65. The van der Waals surface area contributed by atoms with E-state index >= 15 is 0 Å². The summed E-state index contributed by atoms with van der Waals surface area (Å²) in [5.74, 6) is -1.04. The molecule has 1 N–H and O–H groups in total. The van der Waals surface area contributed by atoms with Crippen molar-refractivity contribution in [1.29, 1.82) is 0 Å². The number of hydrogen-bond donors (Lipinski definition) is 1. The smallest absolute Gasteiger partial charge is 0.406 e. The third-order valence-corrected chi connectivity index (χ3v) is 5.01. The molecule has 158 valence electrons. The molecule has 0 saturated heterocycles. The van der Waals surface area contributed by atoms with E-state index in [0.29, 0.717) is 5.69 Å². The van der Waals surface area contributed by atoms with Gasteiger partial charge in [0, 0.05) is 5.69 Å². The molecule has 0 atom stereocenters. The number of para-hydroxylation sites is 1. The topological polar surface area (TPSA) is 75.7 Å². The molecule has 1 amide bonds. The van der Waals surface area contributed by atoms with Crippen LogP contribution >= 0.6 is 0 Å². The number of hydrogen-bond acceptors (Lipinski definition) is 4. The second-order valence-electron chi connectivity index (χ2n) is 6.60. The van der Waals surface area contributed by atoms with Crippen molar-refractivity contribution < 1.29 is 31.1 Å². The molecule has 2 aromatic rings. The van der Waals surface area contributed by atoms with Gasteiger partial charge in [-0.15, -0.1) is 13.2 Å². The molecule has 0 heterocycles. The molecular formula is C19H21F3N2O4S. The van der Waals surface area contributed by atoms with E-state index in [-0.39, 0.29) is 11.6 Å². The van der Waals surface area contributed by atoms with Gasteiger partial charge in [-0.1, -0.05) is 32.0 Å². The zero-order valence-electron chi connectivity index (χ0n) is 16.0. The maximum absolute atomic E-state index is 12.4. The molecule has 0 aliphatic carbocycles. The molecule has 0 radical (unpaired) electrons. The highest BCUT2D eigenvalue weighted by atomic mass is 32.2. The van der Waals surface area contributed by atoms with Crippen LogP contribution < -0.4 is 14.4 Å². The number of ether oxygens (including phenoxy) is 1. The Labute approximate surface area is 167 Å². The van der Waals surface area contributed by atoms with Gasteiger partial charge >= 0.3 is 6.36 Å². The molecule has 0 unspecified atom stereocenters. The summed E-state index contributed by atoms with van der Waals surface area (Å²) in [6.07, 6.45) is -3.81. The zero-order valence-corrected chi connectivity index (χ0v) is 16.8. The molecular weight excluding hydrogens is 409 g/mol. The molecule has 10 heteroatoms. The summed E-state index contributed by atoms with van der Waals surface area (Å²) in [6, 6.07) is 11.4. The second-order valence-corrected chi connectivity index (χ2v) is 8.51. The third-order valence-electron chi connectivity index (χ3n) is 3.89. The van der Waals surface area contributed by atoms with E-state index in [2.05, 4.69) is 10.1 Å². The highest BCUT2D eigenvalue weighted by Crippen LogP contribution is 2.29. The lowest BCUT2D eigenvalue weighted by atomic mass is 10.0. The first kappa shape index (κ1) is 22.5. The number of alkyl halides is 3. The summed E-state index contributed by atoms with van der Waals surface area (Å²) in [7, 11) is -3.76. The van der Waals surface area contributed by atoms with E-state index in [4.69, 9.17) is 0 Å². The lowest BCUT2D eigenvalue weighted by Gasteiger charge is -2.25. The van der Waals surface area contributed by atoms with Crippen molar-refractivity contribution >= 4 is 27.3 Å². The van der Waals surface area contributed by atoms with Crippen LogP contribution in [-0.4, -0.2) is 33.5 Å². The molecule has 0 aliphatic rings. The first-order chi connectivity index (χ1) is 13.4. The summed E-state index contributed by atoms with van der Waals surface area (Å²) < 4.78 is 66.0. The van der Waals surface area contributed by atoms with E-state index in [0.717, 1.165) is 28.3 Å². The quantitative estimate of drug-likeness (QED) is 0.717. The number of carbonyl (C=O) groups is 1. The summed E-state index contributed by atoms with van der Waals surface area (Å²) in [6.45, 7) is 3.33. The number of carbonyl (C=O) groups excluding carboxylic acids is 1. The van der Waals surface area contributed by atoms with Crippen molar-refractivity contribution in [2.24, 2.45) is 0 Å². The number of sulfonamides is 1. The van der Waals surface area contributed by atoms with Gasteiger partial charge in [0.25, 0.3) is 0 Å². The normalized spacial score (nSPS) is 12.0. The van der Waals surface area contributed by atoms with Crippen LogP contribution in [-0.2, 0) is 14.8 Å². The molecule has 2 rings (SSSR count). The summed E-state index contributed by atoms with van der Waals surface area (Å²) in [4.78, 5) is 12.4. The molecule has 0 spiro atoms. The SMILES string of the molecule is CC(C)c1ccccc1N(CC(=O)Nc1ccc(OC(F)(F)F)cc1)S(C)(=O)=O. The Bertz CT molecular complexity index is 958. The molecule has 0 saturated carbocycles. The summed E-state index contributed by atoms with van der Waals surface area (Å²) in [5.41, 5.74) is 1.36. The average Bonchev–Trinajstić information content (AvgIpc) is 2.59. The Kier molecular flexibility index (Phi) is 6.78. The largest absolute Gasteiger partial charge is 0.573 e. The Morgan fingerprint density at radius 3 is 2.21 bits per heavy atom. The van der Waals surface area contributed by atoms with Crippen LogP contribution in [0.1, 0.15) is 25.3 Å². The van der Waals surface area contributed by atoms with Crippen molar-refractivity contribution in [3.05, 3.63) is 54.1 Å². The van der Waals surface area contributed by atoms with Gasteiger partial charge in [-0.2, -0.15) is 0 Å². The lowest BCUT2D eigenvalue weighted by Crippen LogP contribution is -2.38. The number of amides is 1. The van der Waals surface area contributed by atoms with Crippen LogP contribution in [0, 0.1) is 0 Å². The van der Waals surface area contributed by atoms with Gasteiger partial charge in [-0.25, -0.2) is 8.42 Å². The molecule has 0 aliphatic heterocycles. The van der Waals surface area contributed by atoms with Gasteiger partial charge < -0.3 is 10.1 Å². The Balaban J connectivity index is 2.18. The van der Waals surface area contributed by atoms with Crippen molar-refractivity contribution in [3.63, 3.8) is 0 Å². The molecule has 6 nitrogen and oxygen atoms in total. The minimum atomic E-state index is -4.81. The van der Waals surface area contributed by atoms with Gasteiger partial charge in [0.05, 0.1) is 11.9 Å². The van der Waals surface area contributed by atoms with Crippen LogP contribution in [0.5, 0.6) is 5.75 Å². The van der Waals surface area contributed by atoms with Crippen molar-refractivity contribution in [2.45, 2.75) is 26.1 Å². The molecule has 0 fully saturated rings. The highest BCUT2D eigenvalue weighted by molar-refractivity contribution is 7.92. The maximum atomic E-state index is 12.4. The lowest BCUT2D eigenvalue weighted by molar-refractivity contribution is -0.274. The maximum Gasteiger partial charge on any atom is 0.573 e. The Morgan fingerprint density at radius 2 is 1.69 bits per heavy atom. The van der Waals surface area contributed by atoms with Crippen LogP contribution in [0.15, 0.2) is 48.5 Å². The monoisotopic (exact) mass is 430 g/mol. The number of benzene rings is 2. The fraction of sp³-hybridized carbons (Fsp3) is 0.316. The molecule has 2 aromatic carbocycles. The van der Waals surface area contributed by atoms with Crippen LogP contribution in [0.25, 0.3) is 0 Å². The van der Waals surface area contributed by atoms with Crippen LogP contribution in [0.3, 0.4) is 0 Å². The minimum Gasteiger partial charge on any atom is -0.406 e. The predicted octanol–water partition coefficient (Wildman–Crippen LogP) is 4.11. The van der Waals surface area contributed by atoms with Crippen LogP contribution in [0.2, 0.25) is 0 Å². The number of nitrogens with zero attached hydrogens (tertiary/aromatic N) is 1. The molecule has 29 heavy (non-hydrogen) atoms. The van der Waals surface area contributed by atoms with E-state index in [1.54, 1.807) is 24.3 Å². The fourth-order valence-corrected chi connectivity index (χ4v) is 3.53. The number of halogens is 3. The summed E-state index contributed by atoms with van der Waals surface area (Å²) in [5, 5.41) is 2.47. The third kappa shape index (κ3) is 6.67. The average molecular weight is 430 g/mol. The van der Waals surface area contributed by atoms with Gasteiger partial charge in [-0.05, 0) is 41.8 Å². The van der Waals surface area contributed by atoms with Crippen molar-refractivity contribution in [1.82, 2.24) is 0 Å². The second kappa shape index (κ2) is 8.73. The summed E-state index contributed by atoms with van der Waals surface area (Å²) >= 11 is 0. The zero-order chi connectivity index (χ0) is 21.8. The molecule has 0 bridgehead atoms. The first-order valence-electron chi connectivity index (χ1n) is 8.59.